The molecule has 0 fully saturated rings. The predicted molar refractivity (Wildman–Crippen MR) is 88.7 cm³/mol. The van der Waals surface area contributed by atoms with Gasteiger partial charge in [-0.25, -0.2) is 0 Å². The van der Waals surface area contributed by atoms with Crippen LogP contribution in [0.4, 0.5) is 0 Å². The number of nitrogens with zero attached hydrogens (tertiary/aromatic N) is 1. The number of halogens is 1. The Bertz CT molecular complexity index is 676. The maximum absolute atomic E-state index is 12.3. The zero-order valence-corrected chi connectivity index (χ0v) is 14.1. The monoisotopic (exact) mass is 363 g/mol. The molecule has 1 amide bonds. The van der Waals surface area contributed by atoms with E-state index in [1.165, 1.54) is 0 Å². The molecule has 1 aromatic heterocycles. The average molecular weight is 364 g/mol. The second-order valence-corrected chi connectivity index (χ2v) is 5.68. The summed E-state index contributed by atoms with van der Waals surface area (Å²) in [5.41, 5.74) is 7.76. The number of aromatic nitrogens is 1. The molecule has 0 aliphatic heterocycles. The molecule has 116 valence electrons. The summed E-state index contributed by atoms with van der Waals surface area (Å²) in [7, 11) is 1.61. The molecule has 1 heterocycles. The highest BCUT2D eigenvalue weighted by Crippen LogP contribution is 2.28. The molecule has 1 unspecified atom stereocenters. The topological polar surface area (TPSA) is 77.2 Å². The predicted octanol–water partition coefficient (Wildman–Crippen LogP) is 2.80. The lowest BCUT2D eigenvalue weighted by Gasteiger charge is -2.16. The highest BCUT2D eigenvalue weighted by Gasteiger charge is 2.13. The Morgan fingerprint density at radius 2 is 2.18 bits per heavy atom. The summed E-state index contributed by atoms with van der Waals surface area (Å²) in [6.07, 6.45) is 1.59. The van der Waals surface area contributed by atoms with E-state index in [0.717, 1.165) is 15.8 Å². The summed E-state index contributed by atoms with van der Waals surface area (Å²) in [5.74, 6) is 0.598. The van der Waals surface area contributed by atoms with Gasteiger partial charge in [0.1, 0.15) is 5.75 Å². The smallest absolute Gasteiger partial charge is 0.251 e. The molecule has 0 saturated carbocycles. The van der Waals surface area contributed by atoms with Crippen LogP contribution >= 0.6 is 15.9 Å². The molecule has 1 atom stereocenters. The number of pyridine rings is 1. The Morgan fingerprint density at radius 1 is 1.41 bits per heavy atom. The summed E-state index contributed by atoms with van der Waals surface area (Å²) in [6, 6.07) is 8.95. The molecule has 0 radical (unpaired) electrons. The number of rotatable bonds is 5. The first kappa shape index (κ1) is 16.5. The van der Waals surface area contributed by atoms with E-state index in [1.807, 2.05) is 25.1 Å². The molecular weight excluding hydrogens is 346 g/mol. The van der Waals surface area contributed by atoms with Gasteiger partial charge in [0.2, 0.25) is 0 Å². The molecule has 0 spiro atoms. The molecule has 3 N–H and O–H groups in total. The van der Waals surface area contributed by atoms with Crippen molar-refractivity contribution in [2.24, 2.45) is 5.73 Å². The number of amides is 1. The first-order chi connectivity index (χ1) is 10.5. The Kier molecular flexibility index (Phi) is 5.51. The van der Waals surface area contributed by atoms with Crippen molar-refractivity contribution < 1.29 is 9.53 Å². The van der Waals surface area contributed by atoms with Gasteiger partial charge in [0.15, 0.2) is 0 Å². The lowest BCUT2D eigenvalue weighted by Crippen LogP contribution is -2.26. The van der Waals surface area contributed by atoms with Gasteiger partial charge < -0.3 is 15.8 Å². The van der Waals surface area contributed by atoms with Gasteiger partial charge >= 0.3 is 0 Å². The molecule has 0 aliphatic carbocycles. The van der Waals surface area contributed by atoms with Gasteiger partial charge in [0.05, 0.1) is 23.3 Å². The van der Waals surface area contributed by atoms with Crippen LogP contribution in [0.15, 0.2) is 41.0 Å². The van der Waals surface area contributed by atoms with Crippen LogP contribution in [-0.2, 0) is 6.54 Å². The van der Waals surface area contributed by atoms with Crippen molar-refractivity contribution in [3.8, 4) is 5.75 Å². The van der Waals surface area contributed by atoms with Crippen molar-refractivity contribution in [2.75, 3.05) is 7.11 Å². The van der Waals surface area contributed by atoms with Gasteiger partial charge in [-0.1, -0.05) is 6.07 Å². The molecule has 5 nitrogen and oxygen atoms in total. The third-order valence-corrected chi connectivity index (χ3v) is 3.93. The maximum atomic E-state index is 12.3. The van der Waals surface area contributed by atoms with Gasteiger partial charge in [-0.15, -0.1) is 0 Å². The van der Waals surface area contributed by atoms with E-state index in [1.54, 1.807) is 25.4 Å². The first-order valence-corrected chi connectivity index (χ1v) is 7.63. The highest BCUT2D eigenvalue weighted by molar-refractivity contribution is 9.10. The van der Waals surface area contributed by atoms with Gasteiger partial charge in [-0.05, 0) is 52.7 Å². The summed E-state index contributed by atoms with van der Waals surface area (Å²) in [4.78, 5) is 16.4. The molecular formula is C16H18BrN3O2. The quantitative estimate of drug-likeness (QED) is 0.855. The second kappa shape index (κ2) is 7.38. The van der Waals surface area contributed by atoms with Crippen molar-refractivity contribution in [1.29, 1.82) is 0 Å². The standard InChI is InChI=1S/C16H18BrN3O2/c1-10(11-3-4-15(22-2)14(17)8-11)20-16(21)12-5-6-19-13(7-12)9-18/h3-8,10H,9,18H2,1-2H3,(H,20,21). The van der Waals surface area contributed by atoms with E-state index in [9.17, 15) is 4.79 Å². The van der Waals surface area contributed by atoms with E-state index >= 15 is 0 Å². The fraction of sp³-hybridized carbons (Fsp3) is 0.250. The van der Waals surface area contributed by atoms with Gasteiger partial charge in [-0.3, -0.25) is 9.78 Å². The molecule has 2 rings (SSSR count). The minimum Gasteiger partial charge on any atom is -0.496 e. The summed E-state index contributed by atoms with van der Waals surface area (Å²) in [6.45, 7) is 2.24. The molecule has 2 aromatic rings. The third kappa shape index (κ3) is 3.84. The number of nitrogens with two attached hydrogens (primary N) is 1. The van der Waals surface area contributed by atoms with E-state index in [0.29, 0.717) is 17.8 Å². The number of ether oxygens (including phenoxy) is 1. The fourth-order valence-electron chi connectivity index (χ4n) is 2.05. The Balaban J connectivity index is 2.12. The lowest BCUT2D eigenvalue weighted by molar-refractivity contribution is 0.0939. The van der Waals surface area contributed by atoms with E-state index in [-0.39, 0.29) is 11.9 Å². The Hall–Kier alpha value is -1.92. The molecule has 0 bridgehead atoms. The lowest BCUT2D eigenvalue weighted by atomic mass is 10.1. The number of methoxy groups -OCH3 is 1. The van der Waals surface area contributed by atoms with Crippen molar-refractivity contribution in [1.82, 2.24) is 10.3 Å². The fourth-order valence-corrected chi connectivity index (χ4v) is 2.60. The Morgan fingerprint density at radius 3 is 2.82 bits per heavy atom. The van der Waals surface area contributed by atoms with Crippen molar-refractivity contribution in [3.05, 3.63) is 57.8 Å². The van der Waals surface area contributed by atoms with Crippen LogP contribution in [0, 0.1) is 0 Å². The summed E-state index contributed by atoms with van der Waals surface area (Å²) >= 11 is 3.45. The summed E-state index contributed by atoms with van der Waals surface area (Å²) < 4.78 is 6.05. The zero-order valence-electron chi connectivity index (χ0n) is 12.5. The second-order valence-electron chi connectivity index (χ2n) is 4.83. The minimum atomic E-state index is -0.156. The number of benzene rings is 1. The van der Waals surface area contributed by atoms with Crippen LogP contribution in [0.5, 0.6) is 5.75 Å². The number of nitrogens with one attached hydrogen (secondary N) is 1. The number of hydrogen-bond donors (Lipinski definition) is 2. The van der Waals surface area contributed by atoms with Crippen LogP contribution < -0.4 is 15.8 Å². The maximum Gasteiger partial charge on any atom is 0.251 e. The largest absolute Gasteiger partial charge is 0.496 e. The van der Waals surface area contributed by atoms with Crippen LogP contribution in [0.2, 0.25) is 0 Å². The van der Waals surface area contributed by atoms with E-state index in [4.69, 9.17) is 10.5 Å². The van der Waals surface area contributed by atoms with Gasteiger partial charge in [0, 0.05) is 18.3 Å². The molecule has 6 heteroatoms. The van der Waals surface area contributed by atoms with Gasteiger partial charge in [0.25, 0.3) is 5.91 Å². The van der Waals surface area contributed by atoms with Gasteiger partial charge in [-0.2, -0.15) is 0 Å². The molecule has 0 aliphatic rings. The Labute approximate surface area is 138 Å². The molecule has 22 heavy (non-hydrogen) atoms. The number of carbonyl (C=O) groups is 1. The van der Waals surface area contributed by atoms with Crippen molar-refractivity contribution >= 4 is 21.8 Å². The van der Waals surface area contributed by atoms with Crippen LogP contribution in [0.25, 0.3) is 0 Å². The zero-order chi connectivity index (χ0) is 16.1. The average Bonchev–Trinajstić information content (AvgIpc) is 2.54. The molecule has 0 saturated heterocycles. The first-order valence-electron chi connectivity index (χ1n) is 6.84. The normalized spacial score (nSPS) is 11.8. The van der Waals surface area contributed by atoms with Crippen LogP contribution in [-0.4, -0.2) is 18.0 Å². The van der Waals surface area contributed by atoms with Crippen molar-refractivity contribution in [3.63, 3.8) is 0 Å². The van der Waals surface area contributed by atoms with E-state index in [2.05, 4.69) is 26.2 Å². The molecule has 1 aromatic carbocycles. The number of hydrogen-bond acceptors (Lipinski definition) is 4. The summed E-state index contributed by atoms with van der Waals surface area (Å²) in [5, 5.41) is 2.96. The minimum absolute atomic E-state index is 0.135. The van der Waals surface area contributed by atoms with Crippen LogP contribution in [0.3, 0.4) is 0 Å². The third-order valence-electron chi connectivity index (χ3n) is 3.31. The van der Waals surface area contributed by atoms with Crippen molar-refractivity contribution in [2.45, 2.75) is 19.5 Å². The SMILES string of the molecule is COc1ccc(C(C)NC(=O)c2ccnc(CN)c2)cc1Br. The highest BCUT2D eigenvalue weighted by atomic mass is 79.9. The number of carbonyl (C=O) groups excluding carboxylic acids is 1. The van der Waals surface area contributed by atoms with Crippen LogP contribution in [0.1, 0.15) is 34.6 Å². The van der Waals surface area contributed by atoms with E-state index < -0.39 is 0 Å².